The highest BCUT2D eigenvalue weighted by Gasteiger charge is 2.26. The third-order valence-corrected chi connectivity index (χ3v) is 5.23. The highest BCUT2D eigenvalue weighted by molar-refractivity contribution is 5.99. The van der Waals surface area contributed by atoms with Gasteiger partial charge in [0.15, 0.2) is 5.56 Å². The number of nitrogen functional groups attached to an aromatic ring is 1. The molecule has 0 aliphatic heterocycles. The second-order valence-corrected chi connectivity index (χ2v) is 8.27. The van der Waals surface area contributed by atoms with Gasteiger partial charge in [0.25, 0.3) is 0 Å². The highest BCUT2D eigenvalue weighted by atomic mass is 19.1. The Morgan fingerprint density at radius 1 is 1.11 bits per heavy atom. The lowest BCUT2D eigenvalue weighted by Crippen LogP contribution is -2.22. The molecule has 0 bridgehead atoms. The number of benzene rings is 2. The van der Waals surface area contributed by atoms with E-state index in [1.165, 1.54) is 16.8 Å². The number of nitrogens with one attached hydrogen (secondary N) is 2. The fourth-order valence-electron chi connectivity index (χ4n) is 3.21. The molecule has 0 saturated carbocycles. The molecule has 0 spiro atoms. The maximum absolute atomic E-state index is 14.8. The van der Waals surface area contributed by atoms with Crippen molar-refractivity contribution in [3.8, 4) is 29.5 Å². The van der Waals surface area contributed by atoms with Crippen molar-refractivity contribution in [2.45, 2.75) is 19.3 Å². The number of carbonyl (C=O) groups is 1. The van der Waals surface area contributed by atoms with E-state index < -0.39 is 17.3 Å². The number of para-hydroxylation sites is 1. The molecule has 4 aromatic rings. The van der Waals surface area contributed by atoms with Gasteiger partial charge in [-0.3, -0.25) is 5.32 Å². The van der Waals surface area contributed by atoms with Gasteiger partial charge in [0.05, 0.1) is 28.6 Å². The number of carbonyl (C=O) groups excluding carboxylic acids is 1. The largest absolute Gasteiger partial charge is 0.437 e. The third kappa shape index (κ3) is 5.28. The van der Waals surface area contributed by atoms with Crippen LogP contribution in [0.4, 0.5) is 26.5 Å². The average Bonchev–Trinajstić information content (AvgIpc) is 3.31. The normalized spacial score (nSPS) is 10.7. The number of nitrogens with two attached hydrogens (primary N) is 1. The molecule has 37 heavy (non-hydrogen) atoms. The Labute approximate surface area is 211 Å². The summed E-state index contributed by atoms with van der Waals surface area (Å²) in [6.45, 7) is 3.42. The number of nitrogens with zero attached hydrogens (tertiary/aromatic N) is 6. The van der Waals surface area contributed by atoms with Gasteiger partial charge in [-0.15, -0.1) is 0 Å². The number of aromatic nitrogens is 4. The number of rotatable bonds is 6. The summed E-state index contributed by atoms with van der Waals surface area (Å²) in [6.07, 6.45) is 1.12. The minimum absolute atomic E-state index is 0.0311. The van der Waals surface area contributed by atoms with E-state index in [1.807, 2.05) is 24.3 Å². The molecule has 0 saturated heterocycles. The van der Waals surface area contributed by atoms with E-state index in [0.29, 0.717) is 11.4 Å². The van der Waals surface area contributed by atoms with Crippen LogP contribution >= 0.6 is 0 Å². The van der Waals surface area contributed by atoms with E-state index in [-0.39, 0.29) is 34.5 Å². The third-order valence-electron chi connectivity index (χ3n) is 5.23. The Bertz CT molecular complexity index is 1550. The Hall–Kier alpha value is -5.49. The number of amides is 2. The maximum Gasteiger partial charge on any atom is 0.324 e. The molecule has 184 valence electrons. The molecule has 4 N–H and O–H groups in total. The predicted octanol–water partition coefficient (Wildman–Crippen LogP) is 4.49. The van der Waals surface area contributed by atoms with Crippen molar-refractivity contribution in [1.29, 1.82) is 10.5 Å². The number of urea groups is 1. The molecule has 0 fully saturated rings. The molecule has 11 nitrogen and oxygen atoms in total. The van der Waals surface area contributed by atoms with E-state index in [2.05, 4.69) is 31.8 Å². The number of hydrogen-bond acceptors (Lipinski definition) is 8. The van der Waals surface area contributed by atoms with E-state index in [1.54, 1.807) is 32.0 Å². The van der Waals surface area contributed by atoms with Gasteiger partial charge in [-0.25, -0.2) is 23.8 Å². The van der Waals surface area contributed by atoms with E-state index in [9.17, 15) is 19.7 Å². The van der Waals surface area contributed by atoms with E-state index >= 15 is 0 Å². The molecule has 2 heterocycles. The number of halogens is 1. The summed E-state index contributed by atoms with van der Waals surface area (Å²) < 4.78 is 21.7. The topological polar surface area (TPSA) is 168 Å². The van der Waals surface area contributed by atoms with E-state index in [0.717, 1.165) is 12.4 Å². The molecule has 0 aliphatic rings. The summed E-state index contributed by atoms with van der Waals surface area (Å²) in [6, 6.07) is 17.6. The van der Waals surface area contributed by atoms with Crippen molar-refractivity contribution in [3.63, 3.8) is 0 Å². The predicted molar refractivity (Wildman–Crippen MR) is 132 cm³/mol. The summed E-state index contributed by atoms with van der Waals surface area (Å²) in [5, 5.41) is 28.3. The smallest absolute Gasteiger partial charge is 0.324 e. The van der Waals surface area contributed by atoms with Crippen LogP contribution in [0.3, 0.4) is 0 Å². The van der Waals surface area contributed by atoms with Gasteiger partial charge in [-0.2, -0.15) is 15.6 Å². The summed E-state index contributed by atoms with van der Waals surface area (Å²) in [5.41, 5.74) is 5.62. The van der Waals surface area contributed by atoms with Crippen LogP contribution in [-0.4, -0.2) is 25.8 Å². The molecule has 2 aromatic carbocycles. The van der Waals surface area contributed by atoms with Crippen LogP contribution in [0.5, 0.6) is 11.6 Å². The maximum atomic E-state index is 14.8. The van der Waals surface area contributed by atoms with E-state index in [4.69, 9.17) is 10.5 Å². The zero-order valence-electron chi connectivity index (χ0n) is 19.7. The molecular formula is C25H20FN9O2. The number of hydrogen-bond donors (Lipinski definition) is 3. The molecular weight excluding hydrogens is 477 g/mol. The Balaban J connectivity index is 1.54. The lowest BCUT2D eigenvalue weighted by Gasteiger charge is -2.12. The van der Waals surface area contributed by atoms with Crippen LogP contribution in [0.1, 0.15) is 25.1 Å². The molecule has 2 aromatic heterocycles. The average molecular weight is 497 g/mol. The number of ether oxygens (including phenoxy) is 1. The van der Waals surface area contributed by atoms with Gasteiger partial charge in [0, 0.05) is 12.1 Å². The molecule has 0 aliphatic carbocycles. The van der Waals surface area contributed by atoms with Crippen molar-refractivity contribution in [1.82, 2.24) is 19.7 Å². The van der Waals surface area contributed by atoms with Gasteiger partial charge < -0.3 is 15.8 Å². The molecule has 12 heteroatoms. The second-order valence-electron chi connectivity index (χ2n) is 8.27. The summed E-state index contributed by atoms with van der Waals surface area (Å²) in [7, 11) is 0. The van der Waals surface area contributed by atoms with Crippen LogP contribution in [0.25, 0.3) is 5.69 Å². The van der Waals surface area contributed by atoms with Crippen LogP contribution in [-0.2, 0) is 5.41 Å². The lowest BCUT2D eigenvalue weighted by atomic mass is 9.92. The van der Waals surface area contributed by atoms with Crippen LogP contribution in [0.2, 0.25) is 0 Å². The van der Waals surface area contributed by atoms with Crippen LogP contribution in [0, 0.1) is 28.5 Å². The zero-order chi connectivity index (χ0) is 26.6. The fraction of sp³-hybridized carbons (Fsp3) is 0.120. The minimum Gasteiger partial charge on any atom is -0.437 e. The van der Waals surface area contributed by atoms with Crippen molar-refractivity contribution in [2.75, 3.05) is 16.4 Å². The first-order chi connectivity index (χ1) is 17.7. The van der Waals surface area contributed by atoms with Gasteiger partial charge in [-0.1, -0.05) is 18.2 Å². The van der Waals surface area contributed by atoms with Crippen LogP contribution in [0.15, 0.2) is 60.9 Å². The Morgan fingerprint density at radius 3 is 2.54 bits per heavy atom. The quantitative estimate of drug-likeness (QED) is 0.350. The first-order valence-corrected chi connectivity index (χ1v) is 10.8. The van der Waals surface area contributed by atoms with Crippen molar-refractivity contribution in [2.24, 2.45) is 0 Å². The van der Waals surface area contributed by atoms with Crippen molar-refractivity contribution < 1.29 is 13.9 Å². The van der Waals surface area contributed by atoms with Crippen molar-refractivity contribution >= 4 is 23.4 Å². The second kappa shape index (κ2) is 10.0. The zero-order valence-corrected chi connectivity index (χ0v) is 19.7. The monoisotopic (exact) mass is 497 g/mol. The molecule has 0 atom stereocenters. The first kappa shape index (κ1) is 24.6. The summed E-state index contributed by atoms with van der Waals surface area (Å²) >= 11 is 0. The van der Waals surface area contributed by atoms with Gasteiger partial charge in [-0.05, 0) is 38.1 Å². The molecule has 4 rings (SSSR count). The standard InChI is InChI=1S/C25H20FN9O2/c1-25(2,13-28)20-11-21(35(34-20)15-6-4-3-5-7-15)33-24(36)32-19-9-8-16(10-18(19)26)37-23-17(12-27)22(29)30-14-31-23/h3-11,14H,1-2H3,(H2,29,30,31)(H2,32,33,36). The van der Waals surface area contributed by atoms with Gasteiger partial charge in [0.2, 0.25) is 5.88 Å². The summed E-state index contributed by atoms with van der Waals surface area (Å²) in [5.74, 6) is -0.676. The lowest BCUT2D eigenvalue weighted by molar-refractivity contribution is 0.262. The fourth-order valence-corrected chi connectivity index (χ4v) is 3.21. The number of anilines is 3. The van der Waals surface area contributed by atoms with Crippen LogP contribution < -0.4 is 21.1 Å². The summed E-state index contributed by atoms with van der Waals surface area (Å²) in [4.78, 5) is 20.3. The number of nitriles is 2. The Morgan fingerprint density at radius 2 is 1.86 bits per heavy atom. The molecule has 2 amide bonds. The SMILES string of the molecule is CC(C)(C#N)c1cc(NC(=O)Nc2ccc(Oc3ncnc(N)c3C#N)cc2F)n(-c2ccccc2)n1. The Kier molecular flexibility index (Phi) is 6.67. The van der Waals surface area contributed by atoms with Gasteiger partial charge in [0.1, 0.15) is 35.6 Å². The first-order valence-electron chi connectivity index (χ1n) is 10.8. The van der Waals surface area contributed by atoms with Gasteiger partial charge >= 0.3 is 6.03 Å². The molecule has 0 radical (unpaired) electrons. The molecule has 0 unspecified atom stereocenters. The highest BCUT2D eigenvalue weighted by Crippen LogP contribution is 2.29. The minimum atomic E-state index is -0.908. The van der Waals surface area contributed by atoms with Crippen molar-refractivity contribution in [3.05, 3.63) is 78.0 Å².